The van der Waals surface area contributed by atoms with E-state index in [9.17, 15) is 4.79 Å². The minimum Gasteiger partial charge on any atom is -0.497 e. The molecule has 0 saturated heterocycles. The quantitative estimate of drug-likeness (QED) is 0.655. The topological polar surface area (TPSA) is 60.5 Å². The Labute approximate surface area is 129 Å². The number of ketones is 1. The molecule has 0 fully saturated rings. The first kappa shape index (κ1) is 15.6. The van der Waals surface area contributed by atoms with E-state index in [0.717, 1.165) is 5.69 Å². The molecule has 0 saturated carbocycles. The maximum absolute atomic E-state index is 12.1. The van der Waals surface area contributed by atoms with Crippen LogP contribution in [0.1, 0.15) is 17.3 Å². The van der Waals surface area contributed by atoms with Crippen LogP contribution in [-0.4, -0.2) is 25.0 Å². The number of methoxy groups -OCH3 is 2. The van der Waals surface area contributed by atoms with Crippen LogP contribution in [0.5, 0.6) is 11.5 Å². The Morgan fingerprint density at radius 3 is 2.68 bits per heavy atom. The number of nitrogens with one attached hydrogen (secondary N) is 1. The molecule has 0 radical (unpaired) electrons. The summed E-state index contributed by atoms with van der Waals surface area (Å²) in [6.07, 6.45) is 4.70. The summed E-state index contributed by atoms with van der Waals surface area (Å²) in [5.41, 5.74) is 2.01. The average Bonchev–Trinajstić information content (AvgIpc) is 2.55. The fourth-order valence-electron chi connectivity index (χ4n) is 1.94. The monoisotopic (exact) mass is 298 g/mol. The highest BCUT2D eigenvalue weighted by molar-refractivity contribution is 6.04. The summed E-state index contributed by atoms with van der Waals surface area (Å²) < 4.78 is 10.5. The van der Waals surface area contributed by atoms with Crippen molar-refractivity contribution in [3.8, 4) is 11.5 Å². The van der Waals surface area contributed by atoms with Gasteiger partial charge >= 0.3 is 0 Å². The van der Waals surface area contributed by atoms with Gasteiger partial charge < -0.3 is 14.8 Å². The zero-order valence-corrected chi connectivity index (χ0v) is 12.8. The van der Waals surface area contributed by atoms with E-state index < -0.39 is 0 Å². The fraction of sp³-hybridized carbons (Fsp3) is 0.176. The number of aromatic nitrogens is 1. The minimum atomic E-state index is -0.106. The molecule has 1 aromatic heterocycles. The zero-order valence-electron chi connectivity index (χ0n) is 12.8. The molecule has 1 aromatic carbocycles. The van der Waals surface area contributed by atoms with E-state index in [0.29, 0.717) is 22.8 Å². The van der Waals surface area contributed by atoms with Gasteiger partial charge in [0.1, 0.15) is 11.5 Å². The number of nitrogens with zero attached hydrogens (tertiary/aromatic N) is 1. The Bertz CT molecular complexity index is 682. The van der Waals surface area contributed by atoms with Crippen molar-refractivity contribution in [2.24, 2.45) is 0 Å². The molecule has 22 heavy (non-hydrogen) atoms. The predicted molar refractivity (Wildman–Crippen MR) is 85.5 cm³/mol. The Morgan fingerprint density at radius 1 is 1.23 bits per heavy atom. The zero-order chi connectivity index (χ0) is 15.9. The molecule has 5 nitrogen and oxygen atoms in total. The highest BCUT2D eigenvalue weighted by Crippen LogP contribution is 2.29. The lowest BCUT2D eigenvalue weighted by molar-refractivity contribution is 0.104. The molecule has 2 rings (SSSR count). The first-order valence-corrected chi connectivity index (χ1v) is 6.75. The van der Waals surface area contributed by atoms with Gasteiger partial charge in [0.25, 0.3) is 0 Å². The molecular formula is C17H18N2O3. The number of rotatable bonds is 6. The smallest absolute Gasteiger partial charge is 0.189 e. The molecule has 0 atom stereocenters. The van der Waals surface area contributed by atoms with Gasteiger partial charge in [-0.2, -0.15) is 0 Å². The summed E-state index contributed by atoms with van der Waals surface area (Å²) in [4.78, 5) is 16.0. The van der Waals surface area contributed by atoms with Gasteiger partial charge in [-0.05, 0) is 31.2 Å². The van der Waals surface area contributed by atoms with Crippen molar-refractivity contribution in [3.05, 3.63) is 60.1 Å². The minimum absolute atomic E-state index is 0.106. The van der Waals surface area contributed by atoms with Gasteiger partial charge in [0.2, 0.25) is 0 Å². The van der Waals surface area contributed by atoms with E-state index in [1.165, 1.54) is 6.08 Å². The van der Waals surface area contributed by atoms with Crippen molar-refractivity contribution >= 4 is 11.5 Å². The van der Waals surface area contributed by atoms with Gasteiger partial charge in [0.05, 0.1) is 19.9 Å². The summed E-state index contributed by atoms with van der Waals surface area (Å²) in [6.45, 7) is 1.82. The number of ether oxygens (including phenoxy) is 2. The number of anilines is 1. The molecule has 0 bridgehead atoms. The van der Waals surface area contributed by atoms with Crippen molar-refractivity contribution in [2.45, 2.75) is 6.92 Å². The van der Waals surface area contributed by atoms with Crippen LogP contribution in [-0.2, 0) is 0 Å². The first-order chi connectivity index (χ1) is 10.6. The third-order valence-electron chi connectivity index (χ3n) is 3.03. The Balaban J connectivity index is 2.16. The maximum atomic E-state index is 12.1. The number of allylic oxidation sites excluding steroid dienone is 2. The number of carbonyl (C=O) groups excluding carboxylic acids is 1. The van der Waals surface area contributed by atoms with Crippen LogP contribution in [0.15, 0.2) is 54.5 Å². The second kappa shape index (κ2) is 7.26. The van der Waals surface area contributed by atoms with Crippen LogP contribution in [0.3, 0.4) is 0 Å². The molecule has 0 aliphatic rings. The highest BCUT2D eigenvalue weighted by atomic mass is 16.5. The second-order valence-corrected chi connectivity index (χ2v) is 4.62. The molecule has 0 aliphatic carbocycles. The predicted octanol–water partition coefficient (Wildman–Crippen LogP) is 3.30. The first-order valence-electron chi connectivity index (χ1n) is 6.75. The summed E-state index contributed by atoms with van der Waals surface area (Å²) in [6, 6.07) is 8.90. The Morgan fingerprint density at radius 2 is 2.05 bits per heavy atom. The van der Waals surface area contributed by atoms with Crippen LogP contribution in [0.2, 0.25) is 0 Å². The summed E-state index contributed by atoms with van der Waals surface area (Å²) in [5.74, 6) is 1.24. The fourth-order valence-corrected chi connectivity index (χ4v) is 1.94. The SMILES string of the molecule is COc1ccc(NC(C)=CC(=O)c2cccnc2)c(OC)c1. The number of hydrogen-bond donors (Lipinski definition) is 1. The maximum Gasteiger partial charge on any atom is 0.189 e. The molecule has 2 aromatic rings. The number of benzene rings is 1. The number of hydrogen-bond acceptors (Lipinski definition) is 5. The van der Waals surface area contributed by atoms with Crippen molar-refractivity contribution < 1.29 is 14.3 Å². The summed E-state index contributed by atoms with van der Waals surface area (Å²) in [5, 5.41) is 3.15. The molecule has 0 aliphatic heterocycles. The number of carbonyl (C=O) groups is 1. The molecule has 0 spiro atoms. The summed E-state index contributed by atoms with van der Waals surface area (Å²) >= 11 is 0. The average molecular weight is 298 g/mol. The highest BCUT2D eigenvalue weighted by Gasteiger charge is 2.07. The van der Waals surface area contributed by atoms with Crippen molar-refractivity contribution in [1.29, 1.82) is 0 Å². The van der Waals surface area contributed by atoms with Gasteiger partial charge in [-0.3, -0.25) is 9.78 Å². The van der Waals surface area contributed by atoms with Gasteiger partial charge in [-0.25, -0.2) is 0 Å². The normalized spacial score (nSPS) is 11.0. The van der Waals surface area contributed by atoms with Crippen LogP contribution in [0.4, 0.5) is 5.69 Å². The van der Waals surface area contributed by atoms with Gasteiger partial charge in [-0.1, -0.05) is 0 Å². The standard InChI is InChI=1S/C17H18N2O3/c1-12(9-16(20)13-5-4-8-18-11-13)19-15-7-6-14(21-2)10-17(15)22-3/h4-11,19H,1-3H3. The summed E-state index contributed by atoms with van der Waals surface area (Å²) in [7, 11) is 3.18. The Hall–Kier alpha value is -2.82. The van der Waals surface area contributed by atoms with Crippen molar-refractivity contribution in [2.75, 3.05) is 19.5 Å². The van der Waals surface area contributed by atoms with Crippen LogP contribution in [0, 0.1) is 0 Å². The molecule has 0 unspecified atom stereocenters. The lowest BCUT2D eigenvalue weighted by Gasteiger charge is -2.12. The molecule has 1 N–H and O–H groups in total. The van der Waals surface area contributed by atoms with E-state index >= 15 is 0 Å². The van der Waals surface area contributed by atoms with Crippen molar-refractivity contribution in [1.82, 2.24) is 4.98 Å². The van der Waals surface area contributed by atoms with Crippen LogP contribution in [0.25, 0.3) is 0 Å². The van der Waals surface area contributed by atoms with Gasteiger partial charge in [0.15, 0.2) is 5.78 Å². The van der Waals surface area contributed by atoms with E-state index in [1.807, 2.05) is 19.1 Å². The molecule has 0 amide bonds. The second-order valence-electron chi connectivity index (χ2n) is 4.62. The van der Waals surface area contributed by atoms with E-state index in [4.69, 9.17) is 9.47 Å². The molecule has 1 heterocycles. The van der Waals surface area contributed by atoms with Crippen LogP contribution < -0.4 is 14.8 Å². The van der Waals surface area contributed by atoms with E-state index in [1.54, 1.807) is 44.8 Å². The number of pyridine rings is 1. The van der Waals surface area contributed by atoms with E-state index in [2.05, 4.69) is 10.3 Å². The van der Waals surface area contributed by atoms with E-state index in [-0.39, 0.29) is 5.78 Å². The van der Waals surface area contributed by atoms with Gasteiger partial charge in [-0.15, -0.1) is 0 Å². The molecule has 114 valence electrons. The third kappa shape index (κ3) is 3.85. The third-order valence-corrected chi connectivity index (χ3v) is 3.03. The van der Waals surface area contributed by atoms with Crippen molar-refractivity contribution in [3.63, 3.8) is 0 Å². The van der Waals surface area contributed by atoms with Gasteiger partial charge in [0, 0.05) is 35.8 Å². The Kier molecular flexibility index (Phi) is 5.14. The molecule has 5 heteroatoms. The lowest BCUT2D eigenvalue weighted by Crippen LogP contribution is -2.03. The largest absolute Gasteiger partial charge is 0.497 e. The lowest BCUT2D eigenvalue weighted by atomic mass is 10.1. The molecular weight excluding hydrogens is 280 g/mol. The van der Waals surface area contributed by atoms with Crippen LogP contribution >= 0.6 is 0 Å².